The zero-order valence-electron chi connectivity index (χ0n) is 7.73. The molecule has 1 rings (SSSR count). The van der Waals surface area contributed by atoms with E-state index in [4.69, 9.17) is 22.8 Å². The zero-order chi connectivity index (χ0) is 11.4. The Kier molecular flexibility index (Phi) is 3.42. The van der Waals surface area contributed by atoms with Crippen molar-refractivity contribution in [3.05, 3.63) is 21.0 Å². The minimum atomic E-state index is -0.661. The molecular formula is C8H6ClN3O3. The van der Waals surface area contributed by atoms with E-state index in [1.807, 2.05) is 0 Å². The fraction of sp³-hybridized carbons (Fsp3) is 0.250. The van der Waals surface area contributed by atoms with Gasteiger partial charge in [-0.3, -0.25) is 0 Å². The number of halogens is 1. The van der Waals surface area contributed by atoms with E-state index in [1.54, 1.807) is 0 Å². The van der Waals surface area contributed by atoms with Crippen LogP contribution in [0.3, 0.4) is 0 Å². The lowest BCUT2D eigenvalue weighted by molar-refractivity contribution is -0.390. The molecule has 0 aliphatic heterocycles. The minimum Gasteiger partial charge on any atom is -0.464 e. The van der Waals surface area contributed by atoms with Gasteiger partial charge in [0, 0.05) is 0 Å². The first kappa shape index (κ1) is 11.2. The van der Waals surface area contributed by atoms with E-state index in [2.05, 4.69) is 15.9 Å². The summed E-state index contributed by atoms with van der Waals surface area (Å²) in [6.45, 7) is 1.42. The van der Waals surface area contributed by atoms with Gasteiger partial charge in [0.2, 0.25) is 5.88 Å². The molecular weight excluding hydrogens is 222 g/mol. The third kappa shape index (κ3) is 2.54. The molecule has 1 heterocycles. The fourth-order valence-electron chi connectivity index (χ4n) is 0.888. The average molecular weight is 228 g/mol. The third-order valence-corrected chi connectivity index (χ3v) is 1.68. The van der Waals surface area contributed by atoms with Crippen molar-refractivity contribution in [3.8, 4) is 18.2 Å². The summed E-state index contributed by atoms with van der Waals surface area (Å²) in [5.74, 6) is 1.86. The second-order valence-corrected chi connectivity index (χ2v) is 2.83. The largest absolute Gasteiger partial charge is 0.464 e. The van der Waals surface area contributed by atoms with Gasteiger partial charge in [0.1, 0.15) is 5.56 Å². The Bertz CT molecular complexity index is 441. The van der Waals surface area contributed by atoms with Gasteiger partial charge in [-0.25, -0.2) is 0 Å². The van der Waals surface area contributed by atoms with Crippen molar-refractivity contribution in [3.63, 3.8) is 0 Å². The molecule has 0 amide bonds. The number of rotatable bonds is 3. The molecule has 0 aliphatic carbocycles. The highest BCUT2D eigenvalue weighted by molar-refractivity contribution is 6.28. The van der Waals surface area contributed by atoms with Gasteiger partial charge in [-0.2, -0.15) is 4.98 Å². The predicted octanol–water partition coefficient (Wildman–Crippen LogP) is 1.36. The molecule has 7 heteroatoms. The van der Waals surface area contributed by atoms with Crippen LogP contribution in [-0.2, 0) is 0 Å². The Balaban J connectivity index is 3.17. The summed E-state index contributed by atoms with van der Waals surface area (Å²) in [4.78, 5) is 17.0. The van der Waals surface area contributed by atoms with Crippen LogP contribution in [0, 0.1) is 29.4 Å². The number of ether oxygens (including phenoxy) is 1. The van der Waals surface area contributed by atoms with Gasteiger partial charge in [-0.1, -0.05) is 5.92 Å². The molecule has 0 unspecified atom stereocenters. The second-order valence-electron chi connectivity index (χ2n) is 2.50. The van der Waals surface area contributed by atoms with Crippen LogP contribution in [0.4, 0.5) is 5.82 Å². The van der Waals surface area contributed by atoms with Crippen molar-refractivity contribution in [2.24, 2.45) is 0 Å². The van der Waals surface area contributed by atoms with E-state index in [-0.39, 0.29) is 29.2 Å². The topological polar surface area (TPSA) is 78.2 Å². The molecule has 1 aromatic heterocycles. The van der Waals surface area contributed by atoms with Crippen molar-refractivity contribution < 1.29 is 9.66 Å². The normalized spacial score (nSPS) is 9.40. The monoisotopic (exact) mass is 227 g/mol. The molecule has 0 fully saturated rings. The summed E-state index contributed by atoms with van der Waals surface area (Å²) in [5.41, 5.74) is 0.194. The van der Waals surface area contributed by atoms with Crippen molar-refractivity contribution in [2.75, 3.05) is 6.61 Å². The number of hydrogen-bond donors (Lipinski definition) is 0. The van der Waals surface area contributed by atoms with Crippen molar-refractivity contribution in [1.82, 2.24) is 9.97 Å². The van der Waals surface area contributed by atoms with Crippen molar-refractivity contribution in [2.45, 2.75) is 6.92 Å². The van der Waals surface area contributed by atoms with Gasteiger partial charge >= 0.3 is 11.1 Å². The lowest BCUT2D eigenvalue weighted by Gasteiger charge is -2.04. The standard InChI is InChI=1S/C8H6ClN3O3/c1-3-4-15-7-5(2)6(12(13)14)10-8(9)11-7/h1H,4H2,2H3. The molecule has 0 saturated carbocycles. The Labute approximate surface area is 90.4 Å². The maximum Gasteiger partial charge on any atom is 0.375 e. The van der Waals surface area contributed by atoms with E-state index >= 15 is 0 Å². The SMILES string of the molecule is C#CCOc1nc(Cl)nc([N+](=O)[O-])c1C. The van der Waals surface area contributed by atoms with E-state index in [1.165, 1.54) is 6.92 Å². The first-order valence-electron chi connectivity index (χ1n) is 3.81. The summed E-state index contributed by atoms with van der Waals surface area (Å²) in [6, 6.07) is 0. The van der Waals surface area contributed by atoms with Gasteiger partial charge in [-0.15, -0.1) is 6.42 Å². The molecule has 0 atom stereocenters. The second kappa shape index (κ2) is 4.57. The van der Waals surface area contributed by atoms with E-state index in [0.29, 0.717) is 0 Å². The first-order chi connectivity index (χ1) is 7.06. The summed E-state index contributed by atoms with van der Waals surface area (Å²) in [5, 5.41) is 10.3. The number of aromatic nitrogens is 2. The van der Waals surface area contributed by atoms with E-state index in [9.17, 15) is 10.1 Å². The number of nitro groups is 1. The predicted molar refractivity (Wildman–Crippen MR) is 52.8 cm³/mol. The van der Waals surface area contributed by atoms with Crippen molar-refractivity contribution in [1.29, 1.82) is 0 Å². The molecule has 1 aromatic rings. The van der Waals surface area contributed by atoms with Gasteiger partial charge in [-0.05, 0) is 28.4 Å². The fourth-order valence-corrected chi connectivity index (χ4v) is 1.04. The van der Waals surface area contributed by atoms with Gasteiger partial charge in [0.05, 0.1) is 0 Å². The molecule has 0 saturated heterocycles. The molecule has 78 valence electrons. The molecule has 0 bridgehead atoms. The van der Waals surface area contributed by atoms with Crippen LogP contribution in [0.5, 0.6) is 5.88 Å². The van der Waals surface area contributed by atoms with Crippen LogP contribution in [-0.4, -0.2) is 21.5 Å². The highest BCUT2D eigenvalue weighted by atomic mass is 35.5. The van der Waals surface area contributed by atoms with E-state index in [0.717, 1.165) is 0 Å². The maximum atomic E-state index is 10.6. The highest BCUT2D eigenvalue weighted by Crippen LogP contribution is 2.25. The average Bonchev–Trinajstić information content (AvgIpc) is 2.18. The maximum absolute atomic E-state index is 10.6. The quantitative estimate of drug-likeness (QED) is 0.337. The molecule has 0 aliphatic rings. The van der Waals surface area contributed by atoms with Crippen LogP contribution in [0.25, 0.3) is 0 Å². The molecule has 15 heavy (non-hydrogen) atoms. The number of terminal acetylenes is 1. The Hall–Kier alpha value is -1.87. The summed E-state index contributed by atoms with van der Waals surface area (Å²) >= 11 is 5.49. The molecule has 0 spiro atoms. The smallest absolute Gasteiger partial charge is 0.375 e. The summed E-state index contributed by atoms with van der Waals surface area (Å²) < 4.78 is 4.98. The zero-order valence-corrected chi connectivity index (χ0v) is 8.48. The summed E-state index contributed by atoms with van der Waals surface area (Å²) in [6.07, 6.45) is 4.98. The first-order valence-corrected chi connectivity index (χ1v) is 4.19. The van der Waals surface area contributed by atoms with Crippen LogP contribution < -0.4 is 4.74 Å². The Morgan fingerprint density at radius 1 is 1.67 bits per heavy atom. The van der Waals surface area contributed by atoms with Gasteiger partial charge in [0.25, 0.3) is 0 Å². The summed E-state index contributed by atoms with van der Waals surface area (Å²) in [7, 11) is 0. The lowest BCUT2D eigenvalue weighted by atomic mass is 10.3. The molecule has 0 radical (unpaired) electrons. The highest BCUT2D eigenvalue weighted by Gasteiger charge is 2.20. The van der Waals surface area contributed by atoms with Crippen LogP contribution in [0.2, 0.25) is 5.28 Å². The number of hydrogen-bond acceptors (Lipinski definition) is 5. The van der Waals surface area contributed by atoms with Crippen LogP contribution in [0.15, 0.2) is 0 Å². The minimum absolute atomic E-state index is 0.0275. The van der Waals surface area contributed by atoms with Crippen LogP contribution >= 0.6 is 11.6 Å². The Morgan fingerprint density at radius 3 is 2.87 bits per heavy atom. The Morgan fingerprint density at radius 2 is 2.33 bits per heavy atom. The molecule has 0 aromatic carbocycles. The van der Waals surface area contributed by atoms with Gasteiger partial charge < -0.3 is 14.9 Å². The third-order valence-electron chi connectivity index (χ3n) is 1.51. The van der Waals surface area contributed by atoms with E-state index < -0.39 is 4.92 Å². The lowest BCUT2D eigenvalue weighted by Crippen LogP contribution is -2.04. The molecule has 0 N–H and O–H groups in total. The van der Waals surface area contributed by atoms with Gasteiger partial charge in [0.15, 0.2) is 6.61 Å². The van der Waals surface area contributed by atoms with Crippen molar-refractivity contribution >= 4 is 17.4 Å². The molecule has 6 nitrogen and oxygen atoms in total. The number of nitrogens with zero attached hydrogens (tertiary/aromatic N) is 3. The van der Waals surface area contributed by atoms with Crippen LogP contribution in [0.1, 0.15) is 5.56 Å².